The van der Waals surface area contributed by atoms with Crippen LogP contribution in [0.3, 0.4) is 0 Å². The van der Waals surface area contributed by atoms with Gasteiger partial charge in [-0.2, -0.15) is 0 Å². The molecule has 0 spiro atoms. The number of carbonyl (C=O) groups excluding carboxylic acids is 2. The van der Waals surface area contributed by atoms with E-state index >= 15 is 0 Å². The van der Waals surface area contributed by atoms with E-state index in [2.05, 4.69) is 33.9 Å². The molecule has 1 N–H and O–H groups in total. The second kappa shape index (κ2) is 11.0. The second-order valence-electron chi connectivity index (χ2n) is 7.85. The smallest absolute Gasteiger partial charge is 0.328 e. The number of carbonyl (C=O) groups is 2. The highest BCUT2D eigenvalue weighted by Gasteiger charge is 2.24. The molecule has 2 aromatic carbocycles. The molecular weight excluding hydrogens is 438 g/mol. The zero-order valence-electron chi connectivity index (χ0n) is 18.8. The number of fused-ring (bicyclic) bond motifs is 3. The Labute approximate surface area is 199 Å². The summed E-state index contributed by atoms with van der Waals surface area (Å²) >= 11 is 0. The number of ether oxygens (including phenoxy) is 1. The van der Waals surface area contributed by atoms with Crippen molar-refractivity contribution in [3.8, 4) is 0 Å². The van der Waals surface area contributed by atoms with E-state index in [-0.39, 0.29) is 18.1 Å². The molecule has 172 valence electrons. The van der Waals surface area contributed by atoms with Gasteiger partial charge in [-0.15, -0.1) is 12.4 Å². The van der Waals surface area contributed by atoms with Crippen LogP contribution in [0.25, 0.3) is 21.8 Å². The summed E-state index contributed by atoms with van der Waals surface area (Å²) in [5, 5.41) is 4.87. The summed E-state index contributed by atoms with van der Waals surface area (Å²) in [7, 11) is 1.32. The van der Waals surface area contributed by atoms with E-state index in [4.69, 9.17) is 4.74 Å². The van der Waals surface area contributed by atoms with Crippen LogP contribution in [0.4, 0.5) is 0 Å². The summed E-state index contributed by atoms with van der Waals surface area (Å²) in [4.78, 5) is 29.8. The van der Waals surface area contributed by atoms with E-state index < -0.39 is 17.9 Å². The van der Waals surface area contributed by atoms with Gasteiger partial charge in [0, 0.05) is 29.3 Å². The Balaban J connectivity index is 0.00000306. The van der Waals surface area contributed by atoms with E-state index in [1.54, 1.807) is 6.20 Å². The molecule has 4 aromatic rings. The fourth-order valence-electron chi connectivity index (χ4n) is 4.04. The maximum atomic E-state index is 13.0. The molecule has 0 fully saturated rings. The highest BCUT2D eigenvalue weighted by atomic mass is 35.5. The van der Waals surface area contributed by atoms with Crippen LogP contribution < -0.4 is 5.32 Å². The number of amides is 1. The molecule has 0 saturated carbocycles. The number of esters is 1. The van der Waals surface area contributed by atoms with Gasteiger partial charge < -0.3 is 14.6 Å². The first kappa shape index (κ1) is 24.3. The Morgan fingerprint density at radius 1 is 1.03 bits per heavy atom. The summed E-state index contributed by atoms with van der Waals surface area (Å²) in [5.74, 6) is -0.886. The molecule has 2 heterocycles. The number of para-hydroxylation sites is 1. The summed E-state index contributed by atoms with van der Waals surface area (Å²) in [5.41, 5.74) is 3.35. The van der Waals surface area contributed by atoms with Gasteiger partial charge in [-0.25, -0.2) is 9.78 Å². The van der Waals surface area contributed by atoms with Gasteiger partial charge in [-0.3, -0.25) is 4.79 Å². The molecule has 4 rings (SSSR count). The molecule has 7 heteroatoms. The van der Waals surface area contributed by atoms with Gasteiger partial charge in [0.1, 0.15) is 11.7 Å². The van der Waals surface area contributed by atoms with Crippen LogP contribution in [0.15, 0.2) is 66.9 Å². The minimum atomic E-state index is -0.793. The number of rotatable bonds is 8. The fourth-order valence-corrected chi connectivity index (χ4v) is 4.04. The average Bonchev–Trinajstić information content (AvgIpc) is 3.15. The van der Waals surface area contributed by atoms with Crippen molar-refractivity contribution in [2.75, 3.05) is 7.11 Å². The fraction of sp³-hybridized carbons (Fsp3) is 0.269. The lowest BCUT2D eigenvalue weighted by Crippen LogP contribution is -2.43. The predicted octanol–water partition coefficient (Wildman–Crippen LogP) is 4.93. The number of aryl methyl sites for hydroxylation is 1. The molecular formula is C26H28ClN3O3. The summed E-state index contributed by atoms with van der Waals surface area (Å²) < 4.78 is 7.17. The molecule has 0 saturated heterocycles. The van der Waals surface area contributed by atoms with E-state index in [0.29, 0.717) is 6.42 Å². The number of hydrogen-bond acceptors (Lipinski definition) is 4. The van der Waals surface area contributed by atoms with Crippen LogP contribution in [-0.2, 0) is 22.5 Å². The van der Waals surface area contributed by atoms with Crippen LogP contribution in [0.2, 0.25) is 0 Å². The van der Waals surface area contributed by atoms with Crippen LogP contribution in [0.5, 0.6) is 0 Å². The summed E-state index contributed by atoms with van der Waals surface area (Å²) in [6, 6.07) is 18.7. The van der Waals surface area contributed by atoms with Gasteiger partial charge in [0.05, 0.1) is 18.8 Å². The van der Waals surface area contributed by atoms with Crippen molar-refractivity contribution in [3.05, 3.63) is 78.1 Å². The molecule has 0 bridgehead atoms. The third kappa shape index (κ3) is 5.17. The van der Waals surface area contributed by atoms with Gasteiger partial charge in [0.2, 0.25) is 0 Å². The third-order valence-electron chi connectivity index (χ3n) is 5.70. The highest BCUT2D eigenvalue weighted by Crippen LogP contribution is 2.29. The lowest BCUT2D eigenvalue weighted by Gasteiger charge is -2.16. The topological polar surface area (TPSA) is 73.2 Å². The van der Waals surface area contributed by atoms with Crippen LogP contribution in [-0.4, -0.2) is 34.6 Å². The zero-order chi connectivity index (χ0) is 22.5. The van der Waals surface area contributed by atoms with Crippen LogP contribution in [0, 0.1) is 0 Å². The first-order valence-electron chi connectivity index (χ1n) is 10.9. The van der Waals surface area contributed by atoms with E-state index in [1.165, 1.54) is 7.11 Å². The zero-order valence-corrected chi connectivity index (χ0v) is 19.6. The van der Waals surface area contributed by atoms with Gasteiger partial charge in [-0.05, 0) is 24.1 Å². The highest BCUT2D eigenvalue weighted by molar-refractivity contribution is 6.10. The van der Waals surface area contributed by atoms with Crippen molar-refractivity contribution in [2.24, 2.45) is 0 Å². The summed E-state index contributed by atoms with van der Waals surface area (Å²) in [6.45, 7) is 3.07. The standard InChI is InChI=1S/C26H27N3O3.ClH/c1-3-4-14-29-23-13-9-8-12-19(23)20-16-21(27-17-24(20)29)25(30)28-22(26(31)32-2)15-18-10-6-5-7-11-18;/h5-13,16-17,22H,3-4,14-15H2,1-2H3,(H,28,30);1H/t22-;/m0./s1. The Morgan fingerprint density at radius 3 is 2.48 bits per heavy atom. The van der Waals surface area contributed by atoms with Crippen molar-refractivity contribution in [1.82, 2.24) is 14.9 Å². The van der Waals surface area contributed by atoms with Crippen molar-refractivity contribution in [3.63, 3.8) is 0 Å². The second-order valence-corrected chi connectivity index (χ2v) is 7.85. The van der Waals surface area contributed by atoms with Crippen molar-refractivity contribution < 1.29 is 14.3 Å². The monoisotopic (exact) mass is 465 g/mol. The molecule has 33 heavy (non-hydrogen) atoms. The van der Waals surface area contributed by atoms with E-state index in [9.17, 15) is 9.59 Å². The number of benzene rings is 2. The molecule has 0 aliphatic carbocycles. The molecule has 6 nitrogen and oxygen atoms in total. The Morgan fingerprint density at radius 2 is 1.76 bits per heavy atom. The van der Waals surface area contributed by atoms with Gasteiger partial charge in [0.25, 0.3) is 5.91 Å². The Bertz CT molecular complexity index is 1250. The van der Waals surface area contributed by atoms with Gasteiger partial charge in [-0.1, -0.05) is 61.9 Å². The number of methoxy groups -OCH3 is 1. The largest absolute Gasteiger partial charge is 0.467 e. The lowest BCUT2D eigenvalue weighted by atomic mass is 10.1. The number of unbranched alkanes of at least 4 members (excludes halogenated alkanes) is 1. The number of nitrogens with one attached hydrogen (secondary N) is 1. The van der Waals surface area contributed by atoms with Crippen molar-refractivity contribution in [2.45, 2.75) is 38.8 Å². The Hall–Kier alpha value is -3.38. The average molecular weight is 466 g/mol. The Kier molecular flexibility index (Phi) is 8.06. The number of halogens is 1. The first-order chi connectivity index (χ1) is 15.6. The SMILES string of the molecule is CCCCn1c2ccccc2c2cc(C(=O)N[C@@H](Cc3ccccc3)C(=O)OC)ncc21.Cl. The number of pyridine rings is 1. The number of aromatic nitrogens is 2. The molecule has 0 aliphatic heterocycles. The molecule has 1 atom stereocenters. The molecule has 0 aliphatic rings. The molecule has 2 aromatic heterocycles. The normalized spacial score (nSPS) is 11.7. The minimum Gasteiger partial charge on any atom is -0.467 e. The lowest BCUT2D eigenvalue weighted by molar-refractivity contribution is -0.142. The van der Waals surface area contributed by atoms with Crippen LogP contribution in [0.1, 0.15) is 35.8 Å². The number of nitrogens with zero attached hydrogens (tertiary/aromatic N) is 2. The van der Waals surface area contributed by atoms with Crippen molar-refractivity contribution in [1.29, 1.82) is 0 Å². The molecule has 0 radical (unpaired) electrons. The third-order valence-corrected chi connectivity index (χ3v) is 5.70. The van der Waals surface area contributed by atoms with E-state index in [1.807, 2.05) is 48.5 Å². The van der Waals surface area contributed by atoms with E-state index in [0.717, 1.165) is 46.8 Å². The summed E-state index contributed by atoms with van der Waals surface area (Å²) in [6.07, 6.45) is 4.26. The minimum absolute atomic E-state index is 0. The maximum absolute atomic E-state index is 13.0. The number of hydrogen-bond donors (Lipinski definition) is 1. The van der Waals surface area contributed by atoms with Gasteiger partial charge >= 0.3 is 5.97 Å². The van der Waals surface area contributed by atoms with Crippen LogP contribution >= 0.6 is 12.4 Å². The molecule has 0 unspecified atom stereocenters. The predicted molar refractivity (Wildman–Crippen MR) is 133 cm³/mol. The quantitative estimate of drug-likeness (QED) is 0.374. The van der Waals surface area contributed by atoms with Crippen molar-refractivity contribution >= 4 is 46.1 Å². The first-order valence-corrected chi connectivity index (χ1v) is 10.9. The molecule has 1 amide bonds. The maximum Gasteiger partial charge on any atom is 0.328 e. The van der Waals surface area contributed by atoms with Gasteiger partial charge in [0.15, 0.2) is 0 Å².